The van der Waals surface area contributed by atoms with Gasteiger partial charge in [-0.25, -0.2) is 0 Å². The second-order valence-corrected chi connectivity index (χ2v) is 4.93. The number of carbonyl (C=O) groups excluding carboxylic acids is 1. The van der Waals surface area contributed by atoms with Crippen LogP contribution >= 0.6 is 23.2 Å². The second-order valence-electron chi connectivity index (χ2n) is 4.15. The summed E-state index contributed by atoms with van der Waals surface area (Å²) in [5, 5.41) is 10.2. The number of hydrogen-bond acceptors (Lipinski definition) is 2. The zero-order valence-corrected chi connectivity index (χ0v) is 10.7. The first kappa shape index (κ1) is 12.7. The lowest BCUT2D eigenvalue weighted by Gasteiger charge is -2.30. The fraction of sp³-hybridized carbons (Fsp3) is 0.417. The van der Waals surface area contributed by atoms with Crippen LogP contribution in [0, 0.1) is 0 Å². The standard InChI is InChI=1S/C12H13Cl2NO2/c13-10-5-1-4-9(11(10)14)12(17)15-6-2-3-8(16)7-15/h1,4-5,8,16H,2-3,6-7H2/t8-/m0/s1. The monoisotopic (exact) mass is 273 g/mol. The van der Waals surface area contributed by atoms with Crippen LogP contribution in [0.15, 0.2) is 18.2 Å². The fourth-order valence-electron chi connectivity index (χ4n) is 1.98. The molecule has 1 saturated heterocycles. The summed E-state index contributed by atoms with van der Waals surface area (Å²) in [5.41, 5.74) is 0.397. The Labute approximate surface area is 110 Å². The Morgan fingerprint density at radius 1 is 1.41 bits per heavy atom. The molecule has 0 aromatic heterocycles. The van der Waals surface area contributed by atoms with Crippen molar-refractivity contribution in [1.82, 2.24) is 4.90 Å². The lowest BCUT2D eigenvalue weighted by Crippen LogP contribution is -2.42. The molecule has 1 aromatic carbocycles. The van der Waals surface area contributed by atoms with E-state index in [0.717, 1.165) is 12.8 Å². The highest BCUT2D eigenvalue weighted by Gasteiger charge is 2.24. The molecular weight excluding hydrogens is 261 g/mol. The smallest absolute Gasteiger partial charge is 0.255 e. The highest BCUT2D eigenvalue weighted by atomic mass is 35.5. The Balaban J connectivity index is 2.22. The van der Waals surface area contributed by atoms with Gasteiger partial charge >= 0.3 is 0 Å². The molecule has 1 aromatic rings. The van der Waals surface area contributed by atoms with E-state index in [1.54, 1.807) is 23.1 Å². The number of aliphatic hydroxyl groups is 1. The zero-order valence-electron chi connectivity index (χ0n) is 9.20. The maximum atomic E-state index is 12.2. The first-order valence-corrected chi connectivity index (χ1v) is 6.26. The summed E-state index contributed by atoms with van der Waals surface area (Å²) in [5.74, 6) is -0.170. The number of halogens is 2. The van der Waals surface area contributed by atoms with Crippen molar-refractivity contribution in [1.29, 1.82) is 0 Å². The third kappa shape index (κ3) is 2.73. The molecule has 0 aliphatic carbocycles. The molecule has 0 spiro atoms. The molecule has 3 nitrogen and oxygen atoms in total. The van der Waals surface area contributed by atoms with Crippen LogP contribution in [0.3, 0.4) is 0 Å². The van der Waals surface area contributed by atoms with E-state index in [2.05, 4.69) is 0 Å². The minimum Gasteiger partial charge on any atom is -0.391 e. The molecule has 0 bridgehead atoms. The average Bonchev–Trinajstić information content (AvgIpc) is 2.32. The van der Waals surface area contributed by atoms with E-state index < -0.39 is 6.10 Å². The molecule has 1 aliphatic heterocycles. The van der Waals surface area contributed by atoms with Crippen LogP contribution in [0.25, 0.3) is 0 Å². The number of hydrogen-bond donors (Lipinski definition) is 1. The molecule has 1 fully saturated rings. The molecule has 1 heterocycles. The van der Waals surface area contributed by atoms with Gasteiger partial charge in [0, 0.05) is 13.1 Å². The van der Waals surface area contributed by atoms with E-state index in [1.807, 2.05) is 0 Å². The summed E-state index contributed by atoms with van der Waals surface area (Å²) in [6.07, 6.45) is 1.11. The van der Waals surface area contributed by atoms with Crippen molar-refractivity contribution in [3.05, 3.63) is 33.8 Å². The van der Waals surface area contributed by atoms with Crippen molar-refractivity contribution in [2.24, 2.45) is 0 Å². The summed E-state index contributed by atoms with van der Waals surface area (Å²) in [4.78, 5) is 13.8. The molecule has 1 N–H and O–H groups in total. The SMILES string of the molecule is O=C(c1cccc(Cl)c1Cl)N1CCC[C@H](O)C1. The van der Waals surface area contributed by atoms with E-state index in [4.69, 9.17) is 23.2 Å². The Hall–Kier alpha value is -0.770. The van der Waals surface area contributed by atoms with Crippen molar-refractivity contribution in [2.45, 2.75) is 18.9 Å². The van der Waals surface area contributed by atoms with Crippen LogP contribution in [0.4, 0.5) is 0 Å². The van der Waals surface area contributed by atoms with E-state index >= 15 is 0 Å². The first-order chi connectivity index (χ1) is 8.09. The van der Waals surface area contributed by atoms with Crippen LogP contribution in [-0.2, 0) is 0 Å². The summed E-state index contributed by atoms with van der Waals surface area (Å²) in [7, 11) is 0. The predicted molar refractivity (Wildman–Crippen MR) is 67.6 cm³/mol. The summed E-state index contributed by atoms with van der Waals surface area (Å²) < 4.78 is 0. The molecular formula is C12H13Cl2NO2. The van der Waals surface area contributed by atoms with Gasteiger partial charge in [0.2, 0.25) is 0 Å². The molecule has 1 atom stereocenters. The van der Waals surface area contributed by atoms with E-state index in [-0.39, 0.29) is 10.9 Å². The Bertz CT molecular complexity index is 437. The minimum absolute atomic E-state index is 0.170. The number of β-amino-alcohol motifs (C(OH)–C–C–N with tert-alkyl or cyclic N) is 1. The molecule has 0 saturated carbocycles. The number of likely N-dealkylation sites (tertiary alicyclic amines) is 1. The van der Waals surface area contributed by atoms with E-state index in [0.29, 0.717) is 23.7 Å². The van der Waals surface area contributed by atoms with Gasteiger partial charge in [-0.3, -0.25) is 4.79 Å². The summed E-state index contributed by atoms with van der Waals surface area (Å²) in [6, 6.07) is 4.99. The lowest BCUT2D eigenvalue weighted by molar-refractivity contribution is 0.0474. The topological polar surface area (TPSA) is 40.5 Å². The number of carbonyl (C=O) groups is 1. The van der Waals surface area contributed by atoms with Gasteiger partial charge in [0.15, 0.2) is 0 Å². The highest BCUT2D eigenvalue weighted by Crippen LogP contribution is 2.27. The van der Waals surface area contributed by atoms with Crippen molar-refractivity contribution in [3.63, 3.8) is 0 Å². The Kier molecular flexibility index (Phi) is 3.92. The predicted octanol–water partition coefficient (Wildman–Crippen LogP) is 2.59. The van der Waals surface area contributed by atoms with Crippen LogP contribution in [-0.4, -0.2) is 35.1 Å². The fourth-order valence-corrected chi connectivity index (χ4v) is 2.36. The van der Waals surface area contributed by atoms with Gasteiger partial charge in [0.05, 0.1) is 21.7 Å². The third-order valence-corrected chi connectivity index (χ3v) is 3.68. The van der Waals surface area contributed by atoms with Crippen LogP contribution < -0.4 is 0 Å². The minimum atomic E-state index is -0.439. The van der Waals surface area contributed by atoms with Crippen LogP contribution in [0.5, 0.6) is 0 Å². The maximum absolute atomic E-state index is 12.2. The van der Waals surface area contributed by atoms with Gasteiger partial charge < -0.3 is 10.0 Å². The number of nitrogens with zero attached hydrogens (tertiary/aromatic N) is 1. The largest absolute Gasteiger partial charge is 0.391 e. The van der Waals surface area contributed by atoms with Crippen LogP contribution in [0.1, 0.15) is 23.2 Å². The van der Waals surface area contributed by atoms with Crippen LogP contribution in [0.2, 0.25) is 10.0 Å². The molecule has 17 heavy (non-hydrogen) atoms. The molecule has 1 amide bonds. The molecule has 1 aliphatic rings. The lowest BCUT2D eigenvalue weighted by atomic mass is 10.1. The van der Waals surface area contributed by atoms with Gasteiger partial charge in [-0.2, -0.15) is 0 Å². The number of piperidine rings is 1. The number of aliphatic hydroxyl groups excluding tert-OH is 1. The quantitative estimate of drug-likeness (QED) is 0.855. The van der Waals surface area contributed by atoms with Crippen molar-refractivity contribution in [2.75, 3.05) is 13.1 Å². The van der Waals surface area contributed by atoms with E-state index in [9.17, 15) is 9.90 Å². The Morgan fingerprint density at radius 2 is 2.18 bits per heavy atom. The third-order valence-electron chi connectivity index (χ3n) is 2.87. The normalized spacial score (nSPS) is 20.4. The number of amides is 1. The highest BCUT2D eigenvalue weighted by molar-refractivity contribution is 6.43. The molecule has 5 heteroatoms. The summed E-state index contributed by atoms with van der Waals surface area (Å²) >= 11 is 11.9. The van der Waals surface area contributed by atoms with E-state index in [1.165, 1.54) is 0 Å². The van der Waals surface area contributed by atoms with Gasteiger partial charge in [0.1, 0.15) is 0 Å². The van der Waals surface area contributed by atoms with Crippen molar-refractivity contribution in [3.8, 4) is 0 Å². The number of rotatable bonds is 1. The van der Waals surface area contributed by atoms with Gasteiger partial charge in [-0.15, -0.1) is 0 Å². The molecule has 0 radical (unpaired) electrons. The van der Waals surface area contributed by atoms with Gasteiger partial charge in [-0.05, 0) is 25.0 Å². The maximum Gasteiger partial charge on any atom is 0.255 e. The van der Waals surface area contributed by atoms with Gasteiger partial charge in [-0.1, -0.05) is 29.3 Å². The van der Waals surface area contributed by atoms with Gasteiger partial charge in [0.25, 0.3) is 5.91 Å². The Morgan fingerprint density at radius 3 is 2.88 bits per heavy atom. The van der Waals surface area contributed by atoms with Crippen molar-refractivity contribution < 1.29 is 9.90 Å². The number of benzene rings is 1. The average molecular weight is 274 g/mol. The zero-order chi connectivity index (χ0) is 12.4. The second kappa shape index (κ2) is 5.25. The molecule has 2 rings (SSSR count). The first-order valence-electron chi connectivity index (χ1n) is 5.51. The van der Waals surface area contributed by atoms with Crippen molar-refractivity contribution >= 4 is 29.1 Å². The molecule has 92 valence electrons. The summed E-state index contributed by atoms with van der Waals surface area (Å²) in [6.45, 7) is 1.01. The molecule has 0 unspecified atom stereocenters.